The quantitative estimate of drug-likeness (QED) is 0.914. The monoisotopic (exact) mass is 258 g/mol. The third-order valence-electron chi connectivity index (χ3n) is 3.50. The molecule has 0 spiro atoms. The highest BCUT2D eigenvalue weighted by molar-refractivity contribution is 5.80. The van der Waals surface area contributed by atoms with E-state index in [1.54, 1.807) is 12.5 Å². The minimum Gasteiger partial charge on any atom is -0.481 e. The molecule has 0 amide bonds. The van der Waals surface area contributed by atoms with E-state index < -0.39 is 11.9 Å². The van der Waals surface area contributed by atoms with Gasteiger partial charge in [0.2, 0.25) is 0 Å². The Hall–Kier alpha value is -2.30. The van der Waals surface area contributed by atoms with Crippen LogP contribution in [0.2, 0.25) is 0 Å². The van der Waals surface area contributed by atoms with Crippen LogP contribution < -0.4 is 4.90 Å². The van der Waals surface area contributed by atoms with Gasteiger partial charge in [0.05, 0.1) is 12.1 Å². The molecule has 2 aromatic rings. The molecule has 0 fully saturated rings. The van der Waals surface area contributed by atoms with Gasteiger partial charge in [0, 0.05) is 24.3 Å². The molecule has 0 saturated heterocycles. The van der Waals surface area contributed by atoms with E-state index in [9.17, 15) is 9.90 Å². The maximum Gasteiger partial charge on any atom is 0.311 e. The molecule has 19 heavy (non-hydrogen) atoms. The van der Waals surface area contributed by atoms with E-state index in [1.165, 1.54) is 0 Å². The fraction of sp³-hybridized carbons (Fsp3) is 0.286. The maximum atomic E-state index is 11.3. The summed E-state index contributed by atoms with van der Waals surface area (Å²) in [6.07, 6.45) is 3.93. The molecule has 1 atom stereocenters. The van der Waals surface area contributed by atoms with Crippen molar-refractivity contribution in [2.24, 2.45) is 0 Å². The van der Waals surface area contributed by atoms with Crippen LogP contribution in [0.5, 0.6) is 0 Å². The fourth-order valence-electron chi connectivity index (χ4n) is 2.58. The van der Waals surface area contributed by atoms with E-state index in [0.717, 1.165) is 23.4 Å². The zero-order valence-electron chi connectivity index (χ0n) is 10.3. The van der Waals surface area contributed by atoms with Crippen LogP contribution >= 0.6 is 0 Å². The molecule has 98 valence electrons. The summed E-state index contributed by atoms with van der Waals surface area (Å²) >= 11 is 0. The summed E-state index contributed by atoms with van der Waals surface area (Å²) in [6, 6.07) is 7.69. The molecule has 1 aliphatic heterocycles. The molecule has 2 heterocycles. The van der Waals surface area contributed by atoms with E-state index >= 15 is 0 Å². The Kier molecular flexibility index (Phi) is 2.95. The van der Waals surface area contributed by atoms with Gasteiger partial charge < -0.3 is 14.5 Å². The van der Waals surface area contributed by atoms with Crippen LogP contribution in [-0.2, 0) is 11.3 Å². The summed E-state index contributed by atoms with van der Waals surface area (Å²) in [7, 11) is 0. The smallest absolute Gasteiger partial charge is 0.311 e. The SMILES string of the molecule is O=C(O)C1CCN(Cc2cnoc2)c2ccccc21. The zero-order valence-corrected chi connectivity index (χ0v) is 10.3. The summed E-state index contributed by atoms with van der Waals surface area (Å²) < 4.78 is 4.83. The molecule has 1 aromatic carbocycles. The van der Waals surface area contributed by atoms with Crippen molar-refractivity contribution in [2.45, 2.75) is 18.9 Å². The Morgan fingerprint density at radius 3 is 3.05 bits per heavy atom. The second-order valence-electron chi connectivity index (χ2n) is 4.69. The number of hydrogen-bond acceptors (Lipinski definition) is 4. The fourth-order valence-corrected chi connectivity index (χ4v) is 2.58. The Labute approximate surface area is 110 Å². The number of rotatable bonds is 3. The zero-order chi connectivity index (χ0) is 13.2. The van der Waals surface area contributed by atoms with Crippen molar-refractivity contribution in [3.63, 3.8) is 0 Å². The van der Waals surface area contributed by atoms with Gasteiger partial charge in [-0.2, -0.15) is 0 Å². The molecule has 0 saturated carbocycles. The number of fused-ring (bicyclic) bond motifs is 1. The Balaban J connectivity index is 1.92. The van der Waals surface area contributed by atoms with Crippen molar-refractivity contribution in [1.82, 2.24) is 5.16 Å². The third-order valence-corrected chi connectivity index (χ3v) is 3.50. The summed E-state index contributed by atoms with van der Waals surface area (Å²) in [5.41, 5.74) is 2.86. The van der Waals surface area contributed by atoms with Crippen molar-refractivity contribution >= 4 is 11.7 Å². The van der Waals surface area contributed by atoms with E-state index in [1.807, 2.05) is 24.3 Å². The first kappa shape index (κ1) is 11.8. The van der Waals surface area contributed by atoms with Gasteiger partial charge in [-0.15, -0.1) is 0 Å². The highest BCUT2D eigenvalue weighted by Crippen LogP contribution is 2.35. The van der Waals surface area contributed by atoms with E-state index in [-0.39, 0.29) is 0 Å². The second-order valence-corrected chi connectivity index (χ2v) is 4.69. The molecule has 1 N–H and O–H groups in total. The molecule has 3 rings (SSSR count). The number of carboxylic acid groups (broad SMARTS) is 1. The average molecular weight is 258 g/mol. The highest BCUT2D eigenvalue weighted by atomic mass is 16.5. The van der Waals surface area contributed by atoms with Crippen LogP contribution in [0.1, 0.15) is 23.5 Å². The van der Waals surface area contributed by atoms with Gasteiger partial charge in [-0.25, -0.2) is 0 Å². The van der Waals surface area contributed by atoms with Crippen LogP contribution in [0, 0.1) is 0 Å². The molecule has 1 unspecified atom stereocenters. The van der Waals surface area contributed by atoms with Crippen LogP contribution in [0.15, 0.2) is 41.2 Å². The first-order valence-electron chi connectivity index (χ1n) is 6.20. The molecule has 5 heteroatoms. The first-order chi connectivity index (χ1) is 9.25. The number of carboxylic acids is 1. The van der Waals surface area contributed by atoms with Crippen LogP contribution in [0.4, 0.5) is 5.69 Å². The average Bonchev–Trinajstić information content (AvgIpc) is 2.91. The predicted molar refractivity (Wildman–Crippen MR) is 69.0 cm³/mol. The lowest BCUT2D eigenvalue weighted by Gasteiger charge is -2.33. The lowest BCUT2D eigenvalue weighted by Crippen LogP contribution is -2.32. The number of hydrogen-bond donors (Lipinski definition) is 1. The summed E-state index contributed by atoms with van der Waals surface area (Å²) in [5.74, 6) is -1.16. The van der Waals surface area contributed by atoms with Gasteiger partial charge >= 0.3 is 5.97 Å². The lowest BCUT2D eigenvalue weighted by atomic mass is 9.90. The number of aromatic nitrogens is 1. The lowest BCUT2D eigenvalue weighted by molar-refractivity contribution is -0.139. The standard InChI is InChI=1S/C14H14N2O3/c17-14(18)12-5-6-16(8-10-7-15-19-9-10)13-4-2-1-3-11(12)13/h1-4,7,9,12H,5-6,8H2,(H,17,18). The van der Waals surface area contributed by atoms with Gasteiger partial charge in [0.15, 0.2) is 0 Å². The van der Waals surface area contributed by atoms with Crippen molar-refractivity contribution in [1.29, 1.82) is 0 Å². The Morgan fingerprint density at radius 1 is 1.47 bits per heavy atom. The highest BCUT2D eigenvalue weighted by Gasteiger charge is 2.29. The van der Waals surface area contributed by atoms with Crippen LogP contribution in [0.25, 0.3) is 0 Å². The molecular formula is C14H14N2O3. The minimum absolute atomic E-state index is 0.407. The second kappa shape index (κ2) is 4.76. The molecule has 0 aliphatic carbocycles. The Bertz CT molecular complexity index is 580. The van der Waals surface area contributed by atoms with Crippen molar-refractivity contribution in [3.8, 4) is 0 Å². The van der Waals surface area contributed by atoms with Crippen LogP contribution in [-0.4, -0.2) is 22.8 Å². The van der Waals surface area contributed by atoms with Gasteiger partial charge in [0.1, 0.15) is 6.26 Å². The van der Waals surface area contributed by atoms with Gasteiger partial charge in [-0.05, 0) is 18.1 Å². The normalized spacial score (nSPS) is 18.1. The van der Waals surface area contributed by atoms with Gasteiger partial charge in [-0.3, -0.25) is 4.79 Å². The topological polar surface area (TPSA) is 66.6 Å². The maximum absolute atomic E-state index is 11.3. The summed E-state index contributed by atoms with van der Waals surface area (Å²) in [6.45, 7) is 1.41. The molecule has 0 bridgehead atoms. The number of para-hydroxylation sites is 1. The first-order valence-corrected chi connectivity index (χ1v) is 6.20. The summed E-state index contributed by atoms with van der Waals surface area (Å²) in [5, 5.41) is 13.0. The molecule has 5 nitrogen and oxygen atoms in total. The number of carbonyl (C=O) groups is 1. The van der Waals surface area contributed by atoms with Crippen molar-refractivity contribution < 1.29 is 14.4 Å². The predicted octanol–water partition coefficient (Wildman–Crippen LogP) is 2.25. The van der Waals surface area contributed by atoms with Crippen molar-refractivity contribution in [3.05, 3.63) is 47.9 Å². The number of anilines is 1. The van der Waals surface area contributed by atoms with Crippen molar-refractivity contribution in [2.75, 3.05) is 11.4 Å². The Morgan fingerprint density at radius 2 is 2.32 bits per heavy atom. The van der Waals surface area contributed by atoms with E-state index in [4.69, 9.17) is 4.52 Å². The molecule has 1 aliphatic rings. The third kappa shape index (κ3) is 2.19. The molecular weight excluding hydrogens is 244 g/mol. The largest absolute Gasteiger partial charge is 0.481 e. The van der Waals surface area contributed by atoms with E-state index in [0.29, 0.717) is 13.0 Å². The van der Waals surface area contributed by atoms with Crippen LogP contribution in [0.3, 0.4) is 0 Å². The van der Waals surface area contributed by atoms with Gasteiger partial charge in [0.25, 0.3) is 0 Å². The van der Waals surface area contributed by atoms with E-state index in [2.05, 4.69) is 10.1 Å². The molecule has 0 radical (unpaired) electrons. The number of aliphatic carboxylic acids is 1. The van der Waals surface area contributed by atoms with Gasteiger partial charge in [-0.1, -0.05) is 23.4 Å². The molecule has 1 aromatic heterocycles. The summed E-state index contributed by atoms with van der Waals surface area (Å²) in [4.78, 5) is 13.5. The minimum atomic E-state index is -0.753. The number of benzene rings is 1. The number of nitrogens with zero attached hydrogens (tertiary/aromatic N) is 2.